The Kier molecular flexibility index (Phi) is 2.45. The Hall–Kier alpha value is -0.830. The first-order valence-corrected chi connectivity index (χ1v) is 3.35. The van der Waals surface area contributed by atoms with Crippen molar-refractivity contribution in [1.82, 2.24) is 5.48 Å². The highest BCUT2D eigenvalue weighted by molar-refractivity contribution is 5.87. The fourth-order valence-corrected chi connectivity index (χ4v) is 0.841. The highest BCUT2D eigenvalue weighted by atomic mass is 16.6. The summed E-state index contributed by atoms with van der Waals surface area (Å²) < 4.78 is 0. The molecule has 3 heteroatoms. The molecule has 0 radical (unpaired) electrons. The maximum Gasteiger partial charge on any atom is 0.267 e. The highest BCUT2D eigenvalue weighted by Gasteiger charge is 2.09. The van der Waals surface area contributed by atoms with Crippen LogP contribution in [0.4, 0.5) is 0 Å². The van der Waals surface area contributed by atoms with Crippen LogP contribution in [0.1, 0.15) is 19.3 Å². The Balaban J connectivity index is 2.28. The van der Waals surface area contributed by atoms with Crippen molar-refractivity contribution in [2.75, 3.05) is 7.11 Å². The fourth-order valence-electron chi connectivity index (χ4n) is 0.841. The molecule has 1 aliphatic rings. The largest absolute Gasteiger partial charge is 0.277 e. The Bertz CT molecular complexity index is 157. The topological polar surface area (TPSA) is 38.3 Å². The Morgan fingerprint density at radius 2 is 2.40 bits per heavy atom. The number of carbonyl (C=O) groups excluding carboxylic acids is 1. The van der Waals surface area contributed by atoms with Crippen molar-refractivity contribution in [2.24, 2.45) is 0 Å². The predicted molar refractivity (Wildman–Crippen MR) is 37.1 cm³/mol. The van der Waals surface area contributed by atoms with Gasteiger partial charge in [0.05, 0.1) is 7.11 Å². The number of carbonyl (C=O) groups is 1. The second-order valence-corrected chi connectivity index (χ2v) is 2.33. The van der Waals surface area contributed by atoms with Gasteiger partial charge in [0, 0.05) is 6.08 Å². The molecule has 1 fully saturated rings. The van der Waals surface area contributed by atoms with Crippen molar-refractivity contribution in [3.8, 4) is 0 Å². The zero-order valence-electron chi connectivity index (χ0n) is 6.02. The molecule has 1 aliphatic carbocycles. The SMILES string of the molecule is CONC(=O)C=C1CCC1. The summed E-state index contributed by atoms with van der Waals surface area (Å²) in [5, 5.41) is 0. The maximum atomic E-state index is 10.7. The van der Waals surface area contributed by atoms with Gasteiger partial charge in [-0.1, -0.05) is 5.57 Å². The van der Waals surface area contributed by atoms with Gasteiger partial charge >= 0.3 is 0 Å². The Labute approximate surface area is 60.0 Å². The highest BCUT2D eigenvalue weighted by Crippen LogP contribution is 2.24. The van der Waals surface area contributed by atoms with Crippen LogP contribution in [-0.4, -0.2) is 13.0 Å². The minimum Gasteiger partial charge on any atom is -0.277 e. The van der Waals surface area contributed by atoms with Gasteiger partial charge in [-0.15, -0.1) is 0 Å². The van der Waals surface area contributed by atoms with Crippen LogP contribution in [-0.2, 0) is 9.63 Å². The van der Waals surface area contributed by atoms with Crippen molar-refractivity contribution in [3.63, 3.8) is 0 Å². The zero-order valence-corrected chi connectivity index (χ0v) is 6.02. The molecule has 1 N–H and O–H groups in total. The molecule has 0 saturated heterocycles. The minimum absolute atomic E-state index is 0.155. The van der Waals surface area contributed by atoms with E-state index in [4.69, 9.17) is 0 Å². The van der Waals surface area contributed by atoms with Gasteiger partial charge in [-0.3, -0.25) is 9.63 Å². The third kappa shape index (κ3) is 1.84. The molecular formula is C7H11NO2. The molecule has 56 valence electrons. The van der Waals surface area contributed by atoms with Crippen LogP contribution in [0.15, 0.2) is 11.6 Å². The third-order valence-corrected chi connectivity index (χ3v) is 1.53. The van der Waals surface area contributed by atoms with Gasteiger partial charge in [-0.2, -0.15) is 0 Å². The molecule has 0 aromatic rings. The van der Waals surface area contributed by atoms with Crippen LogP contribution < -0.4 is 5.48 Å². The lowest BCUT2D eigenvalue weighted by molar-refractivity contribution is -0.126. The van der Waals surface area contributed by atoms with E-state index in [9.17, 15) is 4.79 Å². The van der Waals surface area contributed by atoms with Gasteiger partial charge in [0.1, 0.15) is 0 Å². The van der Waals surface area contributed by atoms with Crippen molar-refractivity contribution in [2.45, 2.75) is 19.3 Å². The van der Waals surface area contributed by atoms with Crippen LogP contribution in [0.2, 0.25) is 0 Å². The van der Waals surface area contributed by atoms with E-state index in [2.05, 4.69) is 10.3 Å². The van der Waals surface area contributed by atoms with Gasteiger partial charge in [0.2, 0.25) is 0 Å². The first-order valence-electron chi connectivity index (χ1n) is 3.35. The van der Waals surface area contributed by atoms with E-state index < -0.39 is 0 Å². The van der Waals surface area contributed by atoms with E-state index in [-0.39, 0.29) is 5.91 Å². The van der Waals surface area contributed by atoms with Gasteiger partial charge in [-0.25, -0.2) is 5.48 Å². The number of hydrogen-bond acceptors (Lipinski definition) is 2. The summed E-state index contributed by atoms with van der Waals surface area (Å²) >= 11 is 0. The molecule has 0 heterocycles. The molecule has 1 saturated carbocycles. The number of hydrogen-bond donors (Lipinski definition) is 1. The van der Waals surface area contributed by atoms with Crippen LogP contribution in [0.5, 0.6) is 0 Å². The Morgan fingerprint density at radius 3 is 2.80 bits per heavy atom. The summed E-state index contributed by atoms with van der Waals surface area (Å²) in [5.41, 5.74) is 3.45. The molecule has 1 rings (SSSR count). The molecule has 0 aromatic carbocycles. The molecule has 0 bridgehead atoms. The number of hydroxylamine groups is 1. The van der Waals surface area contributed by atoms with E-state index in [0.717, 1.165) is 12.8 Å². The molecule has 0 aliphatic heterocycles. The van der Waals surface area contributed by atoms with Crippen LogP contribution in [0.3, 0.4) is 0 Å². The Morgan fingerprint density at radius 1 is 1.70 bits per heavy atom. The quantitative estimate of drug-likeness (QED) is 0.455. The van der Waals surface area contributed by atoms with Crippen LogP contribution >= 0.6 is 0 Å². The summed E-state index contributed by atoms with van der Waals surface area (Å²) in [4.78, 5) is 15.2. The van der Waals surface area contributed by atoms with Gasteiger partial charge in [-0.05, 0) is 19.3 Å². The standard InChI is InChI=1S/C7H11NO2/c1-10-8-7(9)5-6-3-2-4-6/h5H,2-4H2,1H3,(H,8,9). The number of allylic oxidation sites excluding steroid dienone is 1. The first-order chi connectivity index (χ1) is 4.83. The summed E-state index contributed by atoms with van der Waals surface area (Å²) in [5.74, 6) is -0.155. The second kappa shape index (κ2) is 3.37. The summed E-state index contributed by atoms with van der Waals surface area (Å²) in [6.07, 6.45) is 4.95. The normalized spacial score (nSPS) is 15.9. The van der Waals surface area contributed by atoms with E-state index in [1.54, 1.807) is 6.08 Å². The predicted octanol–water partition coefficient (Wildman–Crippen LogP) is 0.774. The monoisotopic (exact) mass is 141 g/mol. The minimum atomic E-state index is -0.155. The van der Waals surface area contributed by atoms with Crippen LogP contribution in [0.25, 0.3) is 0 Å². The lowest BCUT2D eigenvalue weighted by Crippen LogP contribution is -2.20. The summed E-state index contributed by atoms with van der Waals surface area (Å²) in [6, 6.07) is 0. The van der Waals surface area contributed by atoms with Crippen molar-refractivity contribution < 1.29 is 9.63 Å². The smallest absolute Gasteiger partial charge is 0.267 e. The molecule has 3 nitrogen and oxygen atoms in total. The molecular weight excluding hydrogens is 130 g/mol. The lowest BCUT2D eigenvalue weighted by atomic mass is 9.92. The molecule has 0 unspecified atom stereocenters. The molecule has 1 amide bonds. The molecule has 0 spiro atoms. The van der Waals surface area contributed by atoms with Crippen molar-refractivity contribution >= 4 is 5.91 Å². The number of rotatable bonds is 2. The average Bonchev–Trinajstić information content (AvgIpc) is 1.80. The van der Waals surface area contributed by atoms with E-state index in [1.807, 2.05) is 0 Å². The van der Waals surface area contributed by atoms with Crippen LogP contribution in [0, 0.1) is 0 Å². The van der Waals surface area contributed by atoms with E-state index in [0.29, 0.717) is 0 Å². The van der Waals surface area contributed by atoms with Gasteiger partial charge in [0.15, 0.2) is 0 Å². The van der Waals surface area contributed by atoms with Crippen molar-refractivity contribution in [3.05, 3.63) is 11.6 Å². The second-order valence-electron chi connectivity index (χ2n) is 2.33. The molecule has 10 heavy (non-hydrogen) atoms. The third-order valence-electron chi connectivity index (χ3n) is 1.53. The van der Waals surface area contributed by atoms with E-state index in [1.165, 1.54) is 19.1 Å². The fraction of sp³-hybridized carbons (Fsp3) is 0.571. The molecule has 0 aromatic heterocycles. The lowest BCUT2D eigenvalue weighted by Gasteiger charge is -2.14. The summed E-state index contributed by atoms with van der Waals surface area (Å²) in [7, 11) is 1.43. The zero-order chi connectivity index (χ0) is 7.40. The maximum absolute atomic E-state index is 10.7. The summed E-state index contributed by atoms with van der Waals surface area (Å²) in [6.45, 7) is 0. The van der Waals surface area contributed by atoms with Gasteiger partial charge in [0.25, 0.3) is 5.91 Å². The van der Waals surface area contributed by atoms with E-state index >= 15 is 0 Å². The van der Waals surface area contributed by atoms with Crippen molar-refractivity contribution in [1.29, 1.82) is 0 Å². The number of amides is 1. The first kappa shape index (κ1) is 7.28. The number of nitrogens with one attached hydrogen (secondary N) is 1. The average molecular weight is 141 g/mol. The molecule has 0 atom stereocenters. The van der Waals surface area contributed by atoms with Gasteiger partial charge < -0.3 is 0 Å².